The number of nitrogens with one attached hydrogen (secondary N) is 1. The smallest absolute Gasteiger partial charge is 0.243 e. The number of rotatable bonds is 6. The molecule has 3 rings (SSSR count). The summed E-state index contributed by atoms with van der Waals surface area (Å²) in [6.07, 6.45) is 0.955. The Bertz CT molecular complexity index is 965. The van der Waals surface area contributed by atoms with Crippen molar-refractivity contribution in [3.8, 4) is 0 Å². The van der Waals surface area contributed by atoms with Crippen LogP contribution in [-0.4, -0.2) is 31.7 Å². The van der Waals surface area contributed by atoms with Crippen LogP contribution in [0.3, 0.4) is 0 Å². The third-order valence-electron chi connectivity index (χ3n) is 5.74. The van der Waals surface area contributed by atoms with E-state index in [4.69, 9.17) is 0 Å². The normalized spacial score (nSPS) is 17.1. The summed E-state index contributed by atoms with van der Waals surface area (Å²) >= 11 is 0. The molecule has 1 atom stereocenters. The fourth-order valence-corrected chi connectivity index (χ4v) is 5.17. The van der Waals surface area contributed by atoms with Crippen LogP contribution < -0.4 is 5.32 Å². The minimum absolute atomic E-state index is 0.0924. The number of hydrogen-bond acceptors (Lipinski definition) is 3. The number of carbonyl (C=O) groups is 1. The van der Waals surface area contributed by atoms with Crippen molar-refractivity contribution >= 4 is 15.9 Å². The highest BCUT2D eigenvalue weighted by Crippen LogP contribution is 2.26. The number of benzene rings is 2. The van der Waals surface area contributed by atoms with Crippen LogP contribution in [0.2, 0.25) is 0 Å². The Labute approximate surface area is 178 Å². The molecule has 2 aromatic carbocycles. The van der Waals surface area contributed by atoms with Crippen LogP contribution in [0.1, 0.15) is 56.7 Å². The van der Waals surface area contributed by atoms with Crippen LogP contribution in [-0.2, 0) is 14.8 Å². The van der Waals surface area contributed by atoms with Crippen molar-refractivity contribution in [2.24, 2.45) is 5.92 Å². The van der Waals surface area contributed by atoms with E-state index in [-0.39, 0.29) is 23.7 Å². The van der Waals surface area contributed by atoms with Gasteiger partial charge in [-0.2, -0.15) is 4.31 Å². The predicted octanol–water partition coefficient (Wildman–Crippen LogP) is 4.23. The average molecular weight is 433 g/mol. The van der Waals surface area contributed by atoms with Crippen molar-refractivity contribution in [1.29, 1.82) is 0 Å². The number of amides is 1. The molecule has 1 saturated heterocycles. The van der Waals surface area contributed by atoms with E-state index >= 15 is 0 Å². The molecule has 0 radical (unpaired) electrons. The standard InChI is InChI=1S/C23H29FN2O3S/c1-16(2)18-6-10-22(11-7-18)30(28,29)26-14-12-20(13-15-26)23(27)25-17(3)19-4-8-21(24)9-5-19/h4-11,16-17,20H,12-15H2,1-3H3,(H,25,27). The summed E-state index contributed by atoms with van der Waals surface area (Å²) in [6, 6.07) is 12.8. The molecule has 7 heteroatoms. The van der Waals surface area contributed by atoms with Crippen LogP contribution in [0.4, 0.5) is 4.39 Å². The molecule has 162 valence electrons. The number of piperidine rings is 1. The van der Waals surface area contributed by atoms with Crippen LogP contribution in [0.25, 0.3) is 0 Å². The maximum absolute atomic E-state index is 13.1. The quantitative estimate of drug-likeness (QED) is 0.743. The molecule has 1 unspecified atom stereocenters. The molecule has 1 N–H and O–H groups in total. The molecule has 1 amide bonds. The maximum atomic E-state index is 13.1. The van der Waals surface area contributed by atoms with Crippen molar-refractivity contribution in [2.45, 2.75) is 50.5 Å². The van der Waals surface area contributed by atoms with Crippen molar-refractivity contribution < 1.29 is 17.6 Å². The van der Waals surface area contributed by atoms with Gasteiger partial charge in [-0.05, 0) is 61.1 Å². The second-order valence-electron chi connectivity index (χ2n) is 8.18. The topological polar surface area (TPSA) is 66.5 Å². The Morgan fingerprint density at radius 3 is 2.03 bits per heavy atom. The molecule has 0 aliphatic carbocycles. The molecule has 30 heavy (non-hydrogen) atoms. The Morgan fingerprint density at radius 2 is 1.50 bits per heavy atom. The van der Waals surface area contributed by atoms with E-state index < -0.39 is 10.0 Å². The Morgan fingerprint density at radius 1 is 0.967 bits per heavy atom. The first-order chi connectivity index (χ1) is 14.2. The van der Waals surface area contributed by atoms with Gasteiger partial charge in [0.25, 0.3) is 0 Å². The molecule has 1 aliphatic heterocycles. The third-order valence-corrected chi connectivity index (χ3v) is 7.65. The lowest BCUT2D eigenvalue weighted by Crippen LogP contribution is -2.43. The Balaban J connectivity index is 1.58. The molecule has 2 aromatic rings. The molecule has 0 spiro atoms. The zero-order valence-electron chi connectivity index (χ0n) is 17.6. The number of carbonyl (C=O) groups excluding carboxylic acids is 1. The van der Waals surface area contributed by atoms with Crippen LogP contribution in [0.15, 0.2) is 53.4 Å². The van der Waals surface area contributed by atoms with Crippen LogP contribution >= 0.6 is 0 Å². The van der Waals surface area contributed by atoms with Crippen molar-refractivity contribution in [1.82, 2.24) is 9.62 Å². The molecule has 0 aromatic heterocycles. The number of nitrogens with zero attached hydrogens (tertiary/aromatic N) is 1. The Hall–Kier alpha value is -2.25. The highest BCUT2D eigenvalue weighted by Gasteiger charge is 2.32. The van der Waals surface area contributed by atoms with Gasteiger partial charge in [-0.3, -0.25) is 4.79 Å². The summed E-state index contributed by atoms with van der Waals surface area (Å²) in [5.74, 6) is -0.300. The summed E-state index contributed by atoms with van der Waals surface area (Å²) in [5, 5.41) is 2.96. The van der Waals surface area contributed by atoms with Gasteiger partial charge in [-0.1, -0.05) is 38.1 Å². The number of halogens is 1. The van der Waals surface area contributed by atoms with E-state index in [1.54, 1.807) is 24.3 Å². The second kappa shape index (κ2) is 9.27. The summed E-state index contributed by atoms with van der Waals surface area (Å²) in [7, 11) is -3.56. The van der Waals surface area contributed by atoms with E-state index in [9.17, 15) is 17.6 Å². The molecular formula is C23H29FN2O3S. The molecule has 0 saturated carbocycles. The van der Waals surface area contributed by atoms with Crippen molar-refractivity contribution in [2.75, 3.05) is 13.1 Å². The predicted molar refractivity (Wildman–Crippen MR) is 115 cm³/mol. The number of hydrogen-bond donors (Lipinski definition) is 1. The summed E-state index contributed by atoms with van der Waals surface area (Å²) in [4.78, 5) is 12.9. The SMILES string of the molecule is CC(C)c1ccc(S(=O)(=O)N2CCC(C(=O)NC(C)c3ccc(F)cc3)CC2)cc1. The van der Waals surface area contributed by atoms with E-state index in [2.05, 4.69) is 19.2 Å². The summed E-state index contributed by atoms with van der Waals surface area (Å²) < 4.78 is 40.4. The summed E-state index contributed by atoms with van der Waals surface area (Å²) in [5.41, 5.74) is 1.93. The first-order valence-corrected chi connectivity index (χ1v) is 11.8. The van der Waals surface area contributed by atoms with Crippen molar-refractivity contribution in [3.05, 3.63) is 65.5 Å². The molecular weight excluding hydrogens is 403 g/mol. The summed E-state index contributed by atoms with van der Waals surface area (Å²) in [6.45, 7) is 6.62. The largest absolute Gasteiger partial charge is 0.349 e. The zero-order chi connectivity index (χ0) is 21.9. The minimum atomic E-state index is -3.56. The molecule has 1 heterocycles. The molecule has 0 bridgehead atoms. The first-order valence-electron chi connectivity index (χ1n) is 10.3. The van der Waals surface area contributed by atoms with Gasteiger partial charge in [0.15, 0.2) is 0 Å². The first kappa shape index (κ1) is 22.4. The van der Waals surface area contributed by atoms with E-state index in [0.717, 1.165) is 11.1 Å². The lowest BCUT2D eigenvalue weighted by molar-refractivity contribution is -0.126. The van der Waals surface area contributed by atoms with Gasteiger partial charge in [0.2, 0.25) is 15.9 Å². The van der Waals surface area contributed by atoms with Gasteiger partial charge in [0.1, 0.15) is 5.82 Å². The lowest BCUT2D eigenvalue weighted by atomic mass is 9.96. The third kappa shape index (κ3) is 5.08. The van der Waals surface area contributed by atoms with Gasteiger partial charge < -0.3 is 5.32 Å². The highest BCUT2D eigenvalue weighted by molar-refractivity contribution is 7.89. The number of sulfonamides is 1. The fourth-order valence-electron chi connectivity index (χ4n) is 3.70. The maximum Gasteiger partial charge on any atom is 0.243 e. The molecule has 5 nitrogen and oxygen atoms in total. The van der Waals surface area contributed by atoms with Gasteiger partial charge in [-0.25, -0.2) is 12.8 Å². The van der Waals surface area contributed by atoms with Crippen LogP contribution in [0, 0.1) is 11.7 Å². The van der Waals surface area contributed by atoms with E-state index in [0.29, 0.717) is 36.7 Å². The van der Waals surface area contributed by atoms with Gasteiger partial charge >= 0.3 is 0 Å². The van der Waals surface area contributed by atoms with Crippen LogP contribution in [0.5, 0.6) is 0 Å². The average Bonchev–Trinajstić information content (AvgIpc) is 2.74. The van der Waals surface area contributed by atoms with Crippen molar-refractivity contribution in [3.63, 3.8) is 0 Å². The highest BCUT2D eigenvalue weighted by atomic mass is 32.2. The fraction of sp³-hybridized carbons (Fsp3) is 0.435. The minimum Gasteiger partial charge on any atom is -0.349 e. The lowest BCUT2D eigenvalue weighted by Gasteiger charge is -2.31. The van der Waals surface area contributed by atoms with E-state index in [1.165, 1.54) is 16.4 Å². The molecule has 1 aliphatic rings. The van der Waals surface area contributed by atoms with Gasteiger partial charge in [0.05, 0.1) is 10.9 Å². The van der Waals surface area contributed by atoms with E-state index in [1.807, 2.05) is 19.1 Å². The zero-order valence-corrected chi connectivity index (χ0v) is 18.5. The van der Waals surface area contributed by atoms with Gasteiger partial charge in [-0.15, -0.1) is 0 Å². The molecule has 1 fully saturated rings. The monoisotopic (exact) mass is 432 g/mol. The second-order valence-corrected chi connectivity index (χ2v) is 10.1. The Kier molecular flexibility index (Phi) is 6.93. The van der Waals surface area contributed by atoms with Gasteiger partial charge in [0, 0.05) is 19.0 Å².